The van der Waals surface area contributed by atoms with Crippen molar-refractivity contribution in [3.05, 3.63) is 0 Å². The Bertz CT molecular complexity index is 28.0. The summed E-state index contributed by atoms with van der Waals surface area (Å²) in [4.78, 5) is -0.222. The third-order valence-electron chi connectivity index (χ3n) is 0. The minimum absolute atomic E-state index is 0.222. The van der Waals surface area contributed by atoms with E-state index in [1.807, 2.05) is 0 Å². The molecule has 0 aromatic heterocycles. The van der Waals surface area contributed by atoms with E-state index in [1.54, 1.807) is 6.92 Å². The Morgan fingerprint density at radius 2 is 1.12 bits per heavy atom. The third-order valence-corrected chi connectivity index (χ3v) is 0. The van der Waals surface area contributed by atoms with Crippen LogP contribution >= 0.6 is 34.8 Å². The first-order valence-electron chi connectivity index (χ1n) is 1.67. The third kappa shape index (κ3) is 415. The summed E-state index contributed by atoms with van der Waals surface area (Å²) in [6.07, 6.45) is 0. The molecule has 0 saturated carbocycles. The fourth-order valence-electron chi connectivity index (χ4n) is 0. The van der Waals surface area contributed by atoms with Crippen molar-refractivity contribution in [3.63, 3.8) is 0 Å². The molecule has 0 unspecified atom stereocenters. The van der Waals surface area contributed by atoms with Crippen molar-refractivity contribution in [2.75, 3.05) is 0 Å². The lowest BCUT2D eigenvalue weighted by atomic mass is 11.0. The van der Waals surface area contributed by atoms with Gasteiger partial charge in [-0.05, 0) is 6.92 Å². The lowest BCUT2D eigenvalue weighted by Crippen LogP contribution is -1.63. The predicted molar refractivity (Wildman–Crippen MR) is 33.0 cm³/mol. The molecule has 0 rings (SSSR count). The van der Waals surface area contributed by atoms with Crippen LogP contribution < -0.4 is 0 Å². The molecule has 8 heavy (non-hydrogen) atoms. The monoisotopic (exact) mass is 184 g/mol. The lowest BCUT2D eigenvalue weighted by Gasteiger charge is -1.72. The van der Waals surface area contributed by atoms with E-state index in [9.17, 15) is 8.78 Å². The second kappa shape index (κ2) is 7.73. The molecular weight excluding hydrogens is 180 g/mol. The zero-order valence-electron chi connectivity index (χ0n) is 4.04. The van der Waals surface area contributed by atoms with Crippen molar-refractivity contribution in [2.24, 2.45) is 0 Å². The minimum atomic E-state index is -2.69. The number of hydrogen-bond donors (Lipinski definition) is 0. The van der Waals surface area contributed by atoms with Crippen LogP contribution in [0.5, 0.6) is 0 Å². The van der Waals surface area contributed by atoms with Gasteiger partial charge in [-0.2, -0.15) is 8.78 Å². The van der Waals surface area contributed by atoms with Gasteiger partial charge in [0, 0.05) is 0 Å². The maximum absolute atomic E-state index is 10.1. The van der Waals surface area contributed by atoms with Crippen molar-refractivity contribution < 1.29 is 8.78 Å². The molecule has 0 atom stereocenters. The van der Waals surface area contributed by atoms with Crippen LogP contribution in [-0.2, 0) is 0 Å². The zero-order chi connectivity index (χ0) is 7.15. The first-order chi connectivity index (χ1) is 3.46. The first kappa shape index (κ1) is 11.5. The second-order valence-corrected chi connectivity index (χ2v) is 2.63. The summed E-state index contributed by atoms with van der Waals surface area (Å²) in [5.41, 5.74) is 0. The highest BCUT2D eigenvalue weighted by Gasteiger charge is 1.83. The van der Waals surface area contributed by atoms with Crippen LogP contribution in [0.3, 0.4) is 0 Å². The summed E-state index contributed by atoms with van der Waals surface area (Å²) in [5, 5.41) is 0. The Hall–Kier alpha value is 0.730. The van der Waals surface area contributed by atoms with Gasteiger partial charge in [0.25, 0.3) is 0 Å². The highest BCUT2D eigenvalue weighted by molar-refractivity contribution is 6.43. The van der Waals surface area contributed by atoms with Crippen molar-refractivity contribution in [3.8, 4) is 0 Å². The van der Waals surface area contributed by atoms with E-state index in [0.717, 1.165) is 0 Å². The van der Waals surface area contributed by atoms with Crippen LogP contribution in [0.2, 0.25) is 0 Å². The standard InChI is InChI=1S/C2H4Cl2.CHClF2/c1-2(3)4;2-1(3)4/h2H,1H3;1H. The molecular formula is C3H5Cl3F2. The van der Waals surface area contributed by atoms with Gasteiger partial charge in [0.05, 0.1) is 0 Å². The predicted octanol–water partition coefficient (Wildman–Crippen LogP) is 3.26. The maximum Gasteiger partial charge on any atom is 0.312 e. The molecule has 0 bridgehead atoms. The molecule has 0 fully saturated rings. The fraction of sp³-hybridized carbons (Fsp3) is 1.00. The highest BCUT2D eigenvalue weighted by atomic mass is 35.5. The summed E-state index contributed by atoms with van der Waals surface area (Å²) >= 11 is 14.0. The highest BCUT2D eigenvalue weighted by Crippen LogP contribution is 1.95. The summed E-state index contributed by atoms with van der Waals surface area (Å²) in [6.45, 7) is 1.70. The van der Waals surface area contributed by atoms with E-state index in [2.05, 4.69) is 11.6 Å². The molecule has 0 aliphatic heterocycles. The zero-order valence-corrected chi connectivity index (χ0v) is 6.31. The molecule has 0 aliphatic carbocycles. The molecule has 0 nitrogen and oxygen atoms in total. The van der Waals surface area contributed by atoms with Gasteiger partial charge in [-0.1, -0.05) is 11.6 Å². The molecule has 0 spiro atoms. The SMILES string of the molecule is CC(Cl)Cl.FC(F)Cl. The quantitative estimate of drug-likeness (QED) is 0.508. The topological polar surface area (TPSA) is 0 Å². The van der Waals surface area contributed by atoms with E-state index in [0.29, 0.717) is 0 Å². The van der Waals surface area contributed by atoms with Gasteiger partial charge in [0.2, 0.25) is 0 Å². The summed E-state index contributed by atoms with van der Waals surface area (Å²) < 4.78 is 20.2. The van der Waals surface area contributed by atoms with Gasteiger partial charge in [0.1, 0.15) is 4.84 Å². The molecule has 0 aromatic carbocycles. The Kier molecular flexibility index (Phi) is 11.1. The van der Waals surface area contributed by atoms with Crippen LogP contribution in [0.1, 0.15) is 6.92 Å². The van der Waals surface area contributed by atoms with Gasteiger partial charge in [-0.25, -0.2) is 0 Å². The van der Waals surface area contributed by atoms with E-state index >= 15 is 0 Å². The fourth-order valence-corrected chi connectivity index (χ4v) is 0. The van der Waals surface area contributed by atoms with Gasteiger partial charge in [-0.3, -0.25) is 0 Å². The molecule has 0 saturated heterocycles. The van der Waals surface area contributed by atoms with Crippen LogP contribution in [0.15, 0.2) is 0 Å². The summed E-state index contributed by atoms with van der Waals surface area (Å²) in [7, 11) is 0. The molecule has 0 heterocycles. The Labute approximate surface area is 61.7 Å². The van der Waals surface area contributed by atoms with E-state index < -0.39 is 5.88 Å². The molecule has 5 heteroatoms. The molecule has 0 aromatic rings. The summed E-state index contributed by atoms with van der Waals surface area (Å²) in [6, 6.07) is 0. The Balaban J connectivity index is 0. The minimum Gasteiger partial charge on any atom is -0.192 e. The Morgan fingerprint density at radius 3 is 1.12 bits per heavy atom. The summed E-state index contributed by atoms with van der Waals surface area (Å²) in [5.74, 6) is -2.69. The van der Waals surface area contributed by atoms with Crippen molar-refractivity contribution in [1.29, 1.82) is 0 Å². The van der Waals surface area contributed by atoms with Gasteiger partial charge in [-0.15, -0.1) is 23.2 Å². The molecule has 0 N–H and O–H groups in total. The second-order valence-electron chi connectivity index (χ2n) is 0.766. The number of hydrogen-bond acceptors (Lipinski definition) is 0. The van der Waals surface area contributed by atoms with Gasteiger partial charge >= 0.3 is 5.88 Å². The van der Waals surface area contributed by atoms with Crippen molar-refractivity contribution in [2.45, 2.75) is 17.6 Å². The molecule has 0 radical (unpaired) electrons. The normalized spacial score (nSPS) is 9.00. The Morgan fingerprint density at radius 1 is 1.12 bits per heavy atom. The largest absolute Gasteiger partial charge is 0.312 e. The maximum atomic E-state index is 10.1. The lowest BCUT2D eigenvalue weighted by molar-refractivity contribution is 0.243. The van der Waals surface area contributed by atoms with Crippen LogP contribution in [0.25, 0.3) is 0 Å². The molecule has 0 aliphatic rings. The van der Waals surface area contributed by atoms with Crippen LogP contribution in [-0.4, -0.2) is 10.7 Å². The van der Waals surface area contributed by atoms with E-state index in [-0.39, 0.29) is 4.84 Å². The van der Waals surface area contributed by atoms with E-state index in [1.165, 1.54) is 0 Å². The van der Waals surface area contributed by atoms with Crippen LogP contribution in [0.4, 0.5) is 8.78 Å². The average Bonchev–Trinajstić information content (AvgIpc) is 1.25. The van der Waals surface area contributed by atoms with Crippen LogP contribution in [0, 0.1) is 0 Å². The van der Waals surface area contributed by atoms with Crippen molar-refractivity contribution in [1.82, 2.24) is 0 Å². The smallest absolute Gasteiger partial charge is 0.192 e. The molecule has 52 valence electrons. The average molecular weight is 185 g/mol. The number of halogens is 5. The van der Waals surface area contributed by atoms with E-state index in [4.69, 9.17) is 23.2 Å². The first-order valence-corrected chi connectivity index (χ1v) is 2.98. The number of alkyl halides is 5. The van der Waals surface area contributed by atoms with Gasteiger partial charge < -0.3 is 0 Å². The van der Waals surface area contributed by atoms with Gasteiger partial charge in [0.15, 0.2) is 0 Å². The number of rotatable bonds is 0. The molecule has 0 amide bonds. The van der Waals surface area contributed by atoms with Crippen molar-refractivity contribution >= 4 is 34.8 Å².